The fourth-order valence-corrected chi connectivity index (χ4v) is 1.93. The van der Waals surface area contributed by atoms with Crippen molar-refractivity contribution in [3.05, 3.63) is 29.8 Å². The minimum absolute atomic E-state index is 0.0132. The molecule has 1 unspecified atom stereocenters. The zero-order chi connectivity index (χ0) is 15.1. The van der Waals surface area contributed by atoms with Crippen molar-refractivity contribution in [2.75, 3.05) is 19.7 Å². The third-order valence-corrected chi connectivity index (χ3v) is 3.38. The number of carbonyl (C=O) groups excluding carboxylic acids is 1. The molecule has 0 bridgehead atoms. The summed E-state index contributed by atoms with van der Waals surface area (Å²) in [6, 6.07) is 8.22. The molecule has 1 aromatic rings. The summed E-state index contributed by atoms with van der Waals surface area (Å²) in [6.45, 7) is 2.89. The van der Waals surface area contributed by atoms with Gasteiger partial charge in [-0.25, -0.2) is 0 Å². The molecular formula is C16H24N2O3. The van der Waals surface area contributed by atoms with Crippen molar-refractivity contribution >= 4 is 5.91 Å². The summed E-state index contributed by atoms with van der Waals surface area (Å²) in [4.78, 5) is 11.4. The molecule has 1 fully saturated rings. The van der Waals surface area contributed by atoms with Crippen LogP contribution in [0.1, 0.15) is 25.3 Å². The van der Waals surface area contributed by atoms with Gasteiger partial charge in [0.1, 0.15) is 18.5 Å². The summed E-state index contributed by atoms with van der Waals surface area (Å²) in [5.74, 6) is 0.735. The van der Waals surface area contributed by atoms with Crippen LogP contribution in [0, 0.1) is 0 Å². The predicted molar refractivity (Wildman–Crippen MR) is 81.4 cm³/mol. The topological polar surface area (TPSA) is 70.6 Å². The zero-order valence-electron chi connectivity index (χ0n) is 12.5. The molecule has 2 rings (SSSR count). The molecule has 5 nitrogen and oxygen atoms in total. The number of rotatable bonds is 9. The number of ether oxygens (including phenoxy) is 1. The summed E-state index contributed by atoms with van der Waals surface area (Å²) in [5, 5.41) is 15.6. The molecule has 0 aliphatic heterocycles. The SMILES string of the molecule is CCc1ccc(OCC(O)CNCC(=O)NC2CC2)cc1. The smallest absolute Gasteiger partial charge is 0.234 e. The summed E-state index contributed by atoms with van der Waals surface area (Å²) >= 11 is 0. The average molecular weight is 292 g/mol. The van der Waals surface area contributed by atoms with Crippen molar-refractivity contribution in [2.24, 2.45) is 0 Å². The third kappa shape index (κ3) is 6.14. The molecule has 21 heavy (non-hydrogen) atoms. The molecule has 1 aliphatic rings. The monoisotopic (exact) mass is 292 g/mol. The largest absolute Gasteiger partial charge is 0.491 e. The van der Waals surface area contributed by atoms with E-state index in [0.29, 0.717) is 12.6 Å². The number of hydrogen-bond donors (Lipinski definition) is 3. The first kappa shape index (κ1) is 15.8. The minimum atomic E-state index is -0.635. The van der Waals surface area contributed by atoms with Crippen LogP contribution < -0.4 is 15.4 Å². The highest BCUT2D eigenvalue weighted by Crippen LogP contribution is 2.18. The number of amides is 1. The number of aliphatic hydroxyl groups excluding tert-OH is 1. The molecule has 1 atom stereocenters. The van der Waals surface area contributed by atoms with Gasteiger partial charge in [0, 0.05) is 12.6 Å². The van der Waals surface area contributed by atoms with Crippen LogP contribution >= 0.6 is 0 Å². The van der Waals surface area contributed by atoms with E-state index in [1.54, 1.807) is 0 Å². The Morgan fingerprint density at radius 2 is 2.10 bits per heavy atom. The molecule has 1 aromatic carbocycles. The molecule has 1 aliphatic carbocycles. The molecule has 3 N–H and O–H groups in total. The second kappa shape index (κ2) is 8.00. The first-order valence-electron chi connectivity index (χ1n) is 7.57. The number of benzene rings is 1. The van der Waals surface area contributed by atoms with Gasteiger partial charge in [-0.2, -0.15) is 0 Å². The number of carbonyl (C=O) groups is 1. The highest BCUT2D eigenvalue weighted by atomic mass is 16.5. The van der Waals surface area contributed by atoms with Gasteiger partial charge in [-0.15, -0.1) is 0 Å². The Kier molecular flexibility index (Phi) is 6.02. The van der Waals surface area contributed by atoms with Gasteiger partial charge < -0.3 is 20.5 Å². The minimum Gasteiger partial charge on any atom is -0.491 e. The molecule has 116 valence electrons. The van der Waals surface area contributed by atoms with E-state index in [1.165, 1.54) is 5.56 Å². The fraction of sp³-hybridized carbons (Fsp3) is 0.562. The van der Waals surface area contributed by atoms with E-state index in [-0.39, 0.29) is 19.1 Å². The van der Waals surface area contributed by atoms with Crippen LogP contribution in [-0.4, -0.2) is 42.9 Å². The van der Waals surface area contributed by atoms with Crippen molar-refractivity contribution in [2.45, 2.75) is 38.3 Å². The number of hydrogen-bond acceptors (Lipinski definition) is 4. The summed E-state index contributed by atoms with van der Waals surface area (Å²) in [7, 11) is 0. The van der Waals surface area contributed by atoms with E-state index >= 15 is 0 Å². The molecule has 0 heterocycles. The van der Waals surface area contributed by atoms with Crippen molar-refractivity contribution < 1.29 is 14.6 Å². The van der Waals surface area contributed by atoms with E-state index in [4.69, 9.17) is 4.74 Å². The maximum atomic E-state index is 11.4. The maximum Gasteiger partial charge on any atom is 0.234 e. The van der Waals surface area contributed by atoms with Crippen molar-refractivity contribution in [1.29, 1.82) is 0 Å². The van der Waals surface area contributed by atoms with Gasteiger partial charge in [0.15, 0.2) is 0 Å². The molecule has 0 saturated heterocycles. The number of nitrogens with one attached hydrogen (secondary N) is 2. The Labute approximate surface area is 125 Å². The molecule has 1 saturated carbocycles. The Balaban J connectivity index is 1.57. The maximum absolute atomic E-state index is 11.4. The Morgan fingerprint density at radius 1 is 1.38 bits per heavy atom. The van der Waals surface area contributed by atoms with Gasteiger partial charge >= 0.3 is 0 Å². The van der Waals surface area contributed by atoms with Crippen LogP contribution in [0.15, 0.2) is 24.3 Å². The average Bonchev–Trinajstić information content (AvgIpc) is 3.29. The molecule has 0 aromatic heterocycles. The Morgan fingerprint density at radius 3 is 2.71 bits per heavy atom. The van der Waals surface area contributed by atoms with Crippen LogP contribution in [0.25, 0.3) is 0 Å². The van der Waals surface area contributed by atoms with E-state index in [1.807, 2.05) is 24.3 Å². The van der Waals surface area contributed by atoms with Crippen molar-refractivity contribution in [1.82, 2.24) is 10.6 Å². The van der Waals surface area contributed by atoms with Crippen LogP contribution in [0.2, 0.25) is 0 Å². The second-order valence-corrected chi connectivity index (χ2v) is 5.44. The predicted octanol–water partition coefficient (Wildman–Crippen LogP) is 0.857. The Bertz CT molecular complexity index is 443. The highest BCUT2D eigenvalue weighted by molar-refractivity contribution is 5.78. The fourth-order valence-electron chi connectivity index (χ4n) is 1.93. The standard InChI is InChI=1S/C16H24N2O3/c1-2-12-3-7-15(8-4-12)21-11-14(19)9-17-10-16(20)18-13-5-6-13/h3-4,7-8,13-14,17,19H,2,5-6,9-11H2,1H3,(H,18,20). The molecular weight excluding hydrogens is 268 g/mol. The lowest BCUT2D eigenvalue weighted by atomic mass is 10.2. The van der Waals surface area contributed by atoms with Crippen LogP contribution in [0.5, 0.6) is 5.75 Å². The van der Waals surface area contributed by atoms with E-state index in [2.05, 4.69) is 17.6 Å². The number of aryl methyl sites for hydroxylation is 1. The first-order chi connectivity index (χ1) is 10.2. The van der Waals surface area contributed by atoms with E-state index in [0.717, 1.165) is 25.0 Å². The molecule has 0 spiro atoms. The van der Waals surface area contributed by atoms with E-state index in [9.17, 15) is 9.90 Å². The molecule has 5 heteroatoms. The lowest BCUT2D eigenvalue weighted by Crippen LogP contribution is -2.39. The van der Waals surface area contributed by atoms with Crippen molar-refractivity contribution in [3.63, 3.8) is 0 Å². The summed E-state index contributed by atoms with van der Waals surface area (Å²) < 4.78 is 5.51. The molecule has 0 radical (unpaired) electrons. The first-order valence-corrected chi connectivity index (χ1v) is 7.57. The van der Waals surface area contributed by atoms with Gasteiger partial charge in [-0.3, -0.25) is 4.79 Å². The van der Waals surface area contributed by atoms with Gasteiger partial charge in [0.25, 0.3) is 0 Å². The lowest BCUT2D eigenvalue weighted by molar-refractivity contribution is -0.120. The summed E-state index contributed by atoms with van der Waals surface area (Å²) in [5.41, 5.74) is 1.26. The quantitative estimate of drug-likeness (QED) is 0.631. The highest BCUT2D eigenvalue weighted by Gasteiger charge is 2.22. The van der Waals surface area contributed by atoms with Crippen molar-refractivity contribution in [3.8, 4) is 5.75 Å². The number of aliphatic hydroxyl groups is 1. The third-order valence-electron chi connectivity index (χ3n) is 3.38. The van der Waals surface area contributed by atoms with E-state index < -0.39 is 6.10 Å². The second-order valence-electron chi connectivity index (χ2n) is 5.44. The van der Waals surface area contributed by atoms with Gasteiger partial charge in [-0.1, -0.05) is 19.1 Å². The van der Waals surface area contributed by atoms with Crippen LogP contribution in [0.4, 0.5) is 0 Å². The van der Waals surface area contributed by atoms with Crippen LogP contribution in [-0.2, 0) is 11.2 Å². The summed E-state index contributed by atoms with van der Waals surface area (Å²) in [6.07, 6.45) is 2.53. The Hall–Kier alpha value is -1.59. The molecule has 1 amide bonds. The lowest BCUT2D eigenvalue weighted by Gasteiger charge is -2.13. The normalized spacial score (nSPS) is 15.5. The van der Waals surface area contributed by atoms with Gasteiger partial charge in [0.05, 0.1) is 6.54 Å². The zero-order valence-corrected chi connectivity index (χ0v) is 12.5. The van der Waals surface area contributed by atoms with Crippen LogP contribution in [0.3, 0.4) is 0 Å². The van der Waals surface area contributed by atoms with Gasteiger partial charge in [0.2, 0.25) is 5.91 Å². The van der Waals surface area contributed by atoms with Gasteiger partial charge in [-0.05, 0) is 37.0 Å².